The van der Waals surface area contributed by atoms with Gasteiger partial charge in [0.15, 0.2) is 0 Å². The van der Waals surface area contributed by atoms with Gasteiger partial charge >= 0.3 is 5.97 Å². The molecule has 1 saturated heterocycles. The van der Waals surface area contributed by atoms with Crippen molar-refractivity contribution in [3.8, 4) is 0 Å². The first-order valence-corrected chi connectivity index (χ1v) is 11.2. The molecule has 6 heteroatoms. The van der Waals surface area contributed by atoms with Gasteiger partial charge in [-0.15, -0.1) is 0 Å². The highest BCUT2D eigenvalue weighted by atomic mass is 32.2. The molecular formula is C20H29NO4S. The summed E-state index contributed by atoms with van der Waals surface area (Å²) in [4.78, 5) is 12.9. The third-order valence-corrected chi connectivity index (χ3v) is 7.71. The minimum atomic E-state index is -3.47. The van der Waals surface area contributed by atoms with Gasteiger partial charge in [-0.3, -0.25) is 4.79 Å². The molecule has 0 amide bonds. The van der Waals surface area contributed by atoms with E-state index in [0.717, 1.165) is 25.7 Å². The van der Waals surface area contributed by atoms with E-state index in [0.29, 0.717) is 36.7 Å². The summed E-state index contributed by atoms with van der Waals surface area (Å²) in [6, 6.07) is 8.49. The highest BCUT2D eigenvalue weighted by Crippen LogP contribution is 2.31. The standard InChI is InChI=1S/C20H29NO4S/c1-2-16-8-6-7-11-19(16)25-20(22)17-12-14-21(15-13-17)26(23,24)18-9-4-3-5-10-18/h3-5,9-10,16-17,19H,2,6-8,11-15H2,1H3. The molecule has 0 N–H and O–H groups in total. The predicted octanol–water partition coefficient (Wildman–Crippen LogP) is 3.60. The number of nitrogens with zero attached hydrogens (tertiary/aromatic N) is 1. The van der Waals surface area contributed by atoms with E-state index < -0.39 is 10.0 Å². The zero-order valence-electron chi connectivity index (χ0n) is 15.5. The minimum Gasteiger partial charge on any atom is -0.462 e. The fourth-order valence-corrected chi connectivity index (χ4v) is 5.61. The monoisotopic (exact) mass is 379 g/mol. The van der Waals surface area contributed by atoms with Crippen molar-refractivity contribution in [2.75, 3.05) is 13.1 Å². The van der Waals surface area contributed by atoms with E-state index in [1.807, 2.05) is 0 Å². The molecule has 144 valence electrons. The molecule has 0 spiro atoms. The molecule has 0 radical (unpaired) electrons. The highest BCUT2D eigenvalue weighted by molar-refractivity contribution is 7.89. The van der Waals surface area contributed by atoms with Crippen LogP contribution in [0.1, 0.15) is 51.9 Å². The fourth-order valence-electron chi connectivity index (χ4n) is 4.11. The number of hydrogen-bond acceptors (Lipinski definition) is 4. The Hall–Kier alpha value is -1.40. The second-order valence-electron chi connectivity index (χ2n) is 7.42. The Morgan fingerprint density at radius 1 is 1.08 bits per heavy atom. The SMILES string of the molecule is CCC1CCCCC1OC(=O)C1CCN(S(=O)(=O)c2ccccc2)CC1. The molecule has 3 rings (SSSR count). The Bertz CT molecular complexity index is 696. The largest absolute Gasteiger partial charge is 0.462 e. The number of benzene rings is 1. The van der Waals surface area contributed by atoms with Gasteiger partial charge in [0.05, 0.1) is 10.8 Å². The minimum absolute atomic E-state index is 0.0485. The smallest absolute Gasteiger partial charge is 0.309 e. The van der Waals surface area contributed by atoms with Gasteiger partial charge in [-0.2, -0.15) is 4.31 Å². The third kappa shape index (κ3) is 4.29. The maximum atomic E-state index is 12.7. The summed E-state index contributed by atoms with van der Waals surface area (Å²) in [7, 11) is -3.47. The lowest BCUT2D eigenvalue weighted by molar-refractivity contribution is -0.160. The van der Waals surface area contributed by atoms with Gasteiger partial charge in [0.2, 0.25) is 10.0 Å². The molecule has 2 atom stereocenters. The molecule has 0 bridgehead atoms. The number of rotatable bonds is 5. The van der Waals surface area contributed by atoms with Crippen molar-refractivity contribution in [1.82, 2.24) is 4.31 Å². The zero-order valence-corrected chi connectivity index (χ0v) is 16.3. The van der Waals surface area contributed by atoms with Gasteiger partial charge in [0, 0.05) is 13.1 Å². The lowest BCUT2D eigenvalue weighted by Gasteiger charge is -2.34. The number of ether oxygens (including phenoxy) is 1. The van der Waals surface area contributed by atoms with Crippen molar-refractivity contribution < 1.29 is 17.9 Å². The van der Waals surface area contributed by atoms with Crippen LogP contribution in [0.3, 0.4) is 0 Å². The number of carbonyl (C=O) groups is 1. The maximum absolute atomic E-state index is 12.7. The van der Waals surface area contributed by atoms with E-state index in [2.05, 4.69) is 6.92 Å². The van der Waals surface area contributed by atoms with E-state index in [-0.39, 0.29) is 18.0 Å². The van der Waals surface area contributed by atoms with Crippen molar-refractivity contribution in [1.29, 1.82) is 0 Å². The highest BCUT2D eigenvalue weighted by Gasteiger charge is 2.35. The fraction of sp³-hybridized carbons (Fsp3) is 0.650. The van der Waals surface area contributed by atoms with Gasteiger partial charge in [-0.05, 0) is 56.6 Å². The van der Waals surface area contributed by atoms with Crippen molar-refractivity contribution >= 4 is 16.0 Å². The van der Waals surface area contributed by atoms with Crippen molar-refractivity contribution in [3.63, 3.8) is 0 Å². The van der Waals surface area contributed by atoms with Crippen LogP contribution in [-0.2, 0) is 19.6 Å². The molecule has 1 aromatic carbocycles. The zero-order chi connectivity index (χ0) is 18.6. The molecule has 26 heavy (non-hydrogen) atoms. The molecule has 2 unspecified atom stereocenters. The summed E-state index contributed by atoms with van der Waals surface area (Å²) < 4.78 is 32.7. The molecule has 1 aromatic rings. The number of piperidine rings is 1. The van der Waals surface area contributed by atoms with Gasteiger partial charge in [-0.1, -0.05) is 31.5 Å². The molecular weight excluding hydrogens is 350 g/mol. The Kier molecular flexibility index (Phi) is 6.35. The van der Waals surface area contributed by atoms with Crippen molar-refractivity contribution in [2.45, 2.75) is 62.9 Å². The Labute approximate surface area is 156 Å². The van der Waals surface area contributed by atoms with Gasteiger partial charge in [0.25, 0.3) is 0 Å². The van der Waals surface area contributed by atoms with Crippen LogP contribution in [0.25, 0.3) is 0 Å². The van der Waals surface area contributed by atoms with Crippen LogP contribution in [0.15, 0.2) is 35.2 Å². The van der Waals surface area contributed by atoms with Crippen LogP contribution in [0, 0.1) is 11.8 Å². The van der Waals surface area contributed by atoms with E-state index >= 15 is 0 Å². The van der Waals surface area contributed by atoms with Crippen LogP contribution >= 0.6 is 0 Å². The molecule has 1 heterocycles. The van der Waals surface area contributed by atoms with E-state index in [4.69, 9.17) is 4.74 Å². The third-order valence-electron chi connectivity index (χ3n) is 5.80. The molecule has 2 aliphatic rings. The lowest BCUT2D eigenvalue weighted by Crippen LogP contribution is -2.41. The number of sulfonamides is 1. The van der Waals surface area contributed by atoms with E-state index in [1.165, 1.54) is 10.7 Å². The Balaban J connectivity index is 1.55. The normalized spacial score (nSPS) is 25.7. The molecule has 1 aliphatic heterocycles. The van der Waals surface area contributed by atoms with Crippen molar-refractivity contribution in [3.05, 3.63) is 30.3 Å². The second kappa shape index (κ2) is 8.53. The van der Waals surface area contributed by atoms with Gasteiger partial charge < -0.3 is 4.74 Å². The average molecular weight is 380 g/mol. The number of carbonyl (C=O) groups excluding carboxylic acids is 1. The first kappa shape index (κ1) is 19.4. The molecule has 1 aliphatic carbocycles. The number of esters is 1. The molecule has 5 nitrogen and oxygen atoms in total. The quantitative estimate of drug-likeness (QED) is 0.733. The van der Waals surface area contributed by atoms with Crippen LogP contribution in [-0.4, -0.2) is 37.9 Å². The molecule has 2 fully saturated rings. The van der Waals surface area contributed by atoms with E-state index in [1.54, 1.807) is 30.3 Å². The predicted molar refractivity (Wildman–Crippen MR) is 100 cm³/mol. The Morgan fingerprint density at radius 2 is 1.73 bits per heavy atom. The van der Waals surface area contributed by atoms with E-state index in [9.17, 15) is 13.2 Å². The summed E-state index contributed by atoms with van der Waals surface area (Å²) in [5, 5.41) is 0. The summed E-state index contributed by atoms with van der Waals surface area (Å²) in [6.07, 6.45) is 6.62. The Morgan fingerprint density at radius 3 is 2.38 bits per heavy atom. The molecule has 1 saturated carbocycles. The topological polar surface area (TPSA) is 63.7 Å². The van der Waals surface area contributed by atoms with Gasteiger partial charge in [-0.25, -0.2) is 8.42 Å². The summed E-state index contributed by atoms with van der Waals surface area (Å²) in [5.74, 6) is 0.162. The lowest BCUT2D eigenvalue weighted by atomic mass is 9.84. The first-order valence-electron chi connectivity index (χ1n) is 9.78. The molecule has 0 aromatic heterocycles. The average Bonchev–Trinajstić information content (AvgIpc) is 2.69. The summed E-state index contributed by atoms with van der Waals surface area (Å²) in [5.41, 5.74) is 0. The van der Waals surface area contributed by atoms with Crippen molar-refractivity contribution in [2.24, 2.45) is 11.8 Å². The van der Waals surface area contributed by atoms with Crippen LogP contribution in [0.5, 0.6) is 0 Å². The first-order chi connectivity index (χ1) is 12.5. The van der Waals surface area contributed by atoms with Crippen LogP contribution in [0.4, 0.5) is 0 Å². The second-order valence-corrected chi connectivity index (χ2v) is 9.36. The van der Waals surface area contributed by atoms with Gasteiger partial charge in [0.1, 0.15) is 6.10 Å². The van der Waals surface area contributed by atoms with Crippen LogP contribution in [0.2, 0.25) is 0 Å². The van der Waals surface area contributed by atoms with Crippen LogP contribution < -0.4 is 0 Å². The number of hydrogen-bond donors (Lipinski definition) is 0. The summed E-state index contributed by atoms with van der Waals surface area (Å²) in [6.45, 7) is 2.90. The summed E-state index contributed by atoms with van der Waals surface area (Å²) >= 11 is 0. The maximum Gasteiger partial charge on any atom is 0.309 e.